The molecule has 2 saturated carbocycles. The zero-order valence-electron chi connectivity index (χ0n) is 18.7. The van der Waals surface area contributed by atoms with Crippen LogP contribution in [0.15, 0.2) is 12.3 Å². The molecule has 31 heavy (non-hydrogen) atoms. The van der Waals surface area contributed by atoms with Crippen molar-refractivity contribution in [2.24, 2.45) is 17.1 Å². The summed E-state index contributed by atoms with van der Waals surface area (Å²) in [5.41, 5.74) is 11.8. The summed E-state index contributed by atoms with van der Waals surface area (Å²) in [6.07, 6.45) is 10.7. The highest BCUT2D eigenvalue weighted by Crippen LogP contribution is 2.49. The second-order valence-electron chi connectivity index (χ2n) is 10.2. The Morgan fingerprint density at radius 1 is 1.23 bits per heavy atom. The second kappa shape index (κ2) is 7.05. The van der Waals surface area contributed by atoms with E-state index in [-0.39, 0.29) is 0 Å². The molecule has 0 amide bonds. The van der Waals surface area contributed by atoms with E-state index in [0.29, 0.717) is 11.5 Å². The molecule has 2 fully saturated rings. The number of aromatic nitrogens is 5. The average molecular weight is 420 g/mol. The summed E-state index contributed by atoms with van der Waals surface area (Å²) in [5.74, 6) is 2.57. The van der Waals surface area contributed by atoms with Crippen LogP contribution in [0, 0.1) is 25.2 Å². The highest BCUT2D eigenvalue weighted by Gasteiger charge is 2.43. The highest BCUT2D eigenvalue weighted by molar-refractivity contribution is 5.87. The lowest BCUT2D eigenvalue weighted by Gasteiger charge is -2.48. The van der Waals surface area contributed by atoms with Crippen molar-refractivity contribution in [1.82, 2.24) is 24.7 Å². The molecular formula is C24H33N7. The number of hydrogen-bond acceptors (Lipinski definition) is 5. The zero-order chi connectivity index (χ0) is 21.2. The Kier molecular flexibility index (Phi) is 4.39. The molecule has 0 radical (unpaired) electrons. The van der Waals surface area contributed by atoms with E-state index in [4.69, 9.17) is 15.8 Å². The maximum Gasteiger partial charge on any atom is 0.143 e. The van der Waals surface area contributed by atoms with E-state index in [9.17, 15) is 0 Å². The topological polar surface area (TPSA) is 88.6 Å². The van der Waals surface area contributed by atoms with Gasteiger partial charge in [-0.15, -0.1) is 0 Å². The Morgan fingerprint density at radius 3 is 3.03 bits per heavy atom. The monoisotopic (exact) mass is 419 g/mol. The number of rotatable bonds is 3. The Hall–Kier alpha value is -2.41. The molecule has 2 bridgehead atoms. The van der Waals surface area contributed by atoms with E-state index in [0.717, 1.165) is 54.6 Å². The van der Waals surface area contributed by atoms with E-state index >= 15 is 0 Å². The van der Waals surface area contributed by atoms with Crippen LogP contribution in [-0.2, 0) is 19.5 Å². The third-order valence-electron chi connectivity index (χ3n) is 8.22. The third-order valence-corrected chi connectivity index (χ3v) is 8.22. The van der Waals surface area contributed by atoms with Crippen molar-refractivity contribution in [3.63, 3.8) is 0 Å². The summed E-state index contributed by atoms with van der Waals surface area (Å²) < 4.78 is 2.37. The molecule has 3 aromatic rings. The van der Waals surface area contributed by atoms with Crippen LogP contribution in [0.4, 0.5) is 5.82 Å². The molecule has 3 aromatic heterocycles. The van der Waals surface area contributed by atoms with Gasteiger partial charge in [-0.25, -0.2) is 9.97 Å². The number of nitrogens with zero attached hydrogens (tertiary/aromatic N) is 5. The van der Waals surface area contributed by atoms with Gasteiger partial charge in [-0.2, -0.15) is 5.10 Å². The fourth-order valence-electron chi connectivity index (χ4n) is 6.59. The van der Waals surface area contributed by atoms with Crippen LogP contribution in [0.5, 0.6) is 0 Å². The maximum absolute atomic E-state index is 6.43. The number of hydrogen-bond donors (Lipinski definition) is 2. The minimum Gasteiger partial charge on any atom is -0.351 e. The van der Waals surface area contributed by atoms with Crippen LogP contribution >= 0.6 is 0 Å². The fourth-order valence-corrected chi connectivity index (χ4v) is 6.59. The van der Waals surface area contributed by atoms with Crippen LogP contribution in [-0.4, -0.2) is 37.3 Å². The van der Waals surface area contributed by atoms with Gasteiger partial charge in [-0.05, 0) is 63.4 Å². The molecule has 7 nitrogen and oxygen atoms in total. The van der Waals surface area contributed by atoms with Gasteiger partial charge < -0.3 is 15.6 Å². The van der Waals surface area contributed by atoms with Gasteiger partial charge in [0.15, 0.2) is 0 Å². The van der Waals surface area contributed by atoms with Crippen LogP contribution in [0.1, 0.15) is 61.3 Å². The van der Waals surface area contributed by atoms with E-state index < -0.39 is 0 Å². The minimum atomic E-state index is 0.406. The van der Waals surface area contributed by atoms with Gasteiger partial charge in [-0.3, -0.25) is 4.68 Å². The first-order valence-electron chi connectivity index (χ1n) is 11.9. The molecule has 3 unspecified atom stereocenters. The van der Waals surface area contributed by atoms with Gasteiger partial charge in [0.05, 0.1) is 11.1 Å². The summed E-state index contributed by atoms with van der Waals surface area (Å²) in [4.78, 5) is 15.0. The minimum absolute atomic E-state index is 0.406. The quantitative estimate of drug-likeness (QED) is 0.677. The number of fused-ring (bicyclic) bond motifs is 4. The fraction of sp³-hybridized carbons (Fsp3) is 0.625. The molecule has 3 atom stereocenters. The van der Waals surface area contributed by atoms with Gasteiger partial charge >= 0.3 is 0 Å². The van der Waals surface area contributed by atoms with E-state index in [2.05, 4.69) is 32.5 Å². The largest absolute Gasteiger partial charge is 0.351 e. The summed E-state index contributed by atoms with van der Waals surface area (Å²) in [5, 5.41) is 6.17. The molecule has 164 valence electrons. The second-order valence-corrected chi connectivity index (χ2v) is 10.2. The predicted octanol–water partition coefficient (Wildman–Crippen LogP) is 3.63. The first-order valence-corrected chi connectivity index (χ1v) is 11.9. The van der Waals surface area contributed by atoms with Gasteiger partial charge in [-0.1, -0.05) is 6.42 Å². The number of aromatic amines is 1. The Bertz CT molecular complexity index is 1130. The zero-order valence-corrected chi connectivity index (χ0v) is 18.7. The molecule has 1 aliphatic heterocycles. The molecule has 3 N–H and O–H groups in total. The van der Waals surface area contributed by atoms with Crippen molar-refractivity contribution < 1.29 is 0 Å². The van der Waals surface area contributed by atoms with Gasteiger partial charge in [0.25, 0.3) is 0 Å². The highest BCUT2D eigenvalue weighted by atomic mass is 15.3. The van der Waals surface area contributed by atoms with Crippen LogP contribution in [0.3, 0.4) is 0 Å². The maximum atomic E-state index is 6.43. The average Bonchev–Trinajstić information content (AvgIpc) is 3.35. The number of H-pyrrole nitrogens is 1. The van der Waals surface area contributed by atoms with Gasteiger partial charge in [0.2, 0.25) is 0 Å². The molecule has 2 aliphatic carbocycles. The summed E-state index contributed by atoms with van der Waals surface area (Å²) in [6, 6.07) is 2.50. The van der Waals surface area contributed by atoms with E-state index in [1.807, 2.05) is 13.1 Å². The van der Waals surface area contributed by atoms with Crippen LogP contribution < -0.4 is 10.6 Å². The van der Waals surface area contributed by atoms with Crippen molar-refractivity contribution in [2.75, 3.05) is 11.4 Å². The van der Waals surface area contributed by atoms with Gasteiger partial charge in [0.1, 0.15) is 17.3 Å². The first kappa shape index (κ1) is 19.3. The van der Waals surface area contributed by atoms with E-state index in [1.54, 1.807) is 0 Å². The lowest BCUT2D eigenvalue weighted by molar-refractivity contribution is 0.0423. The summed E-state index contributed by atoms with van der Waals surface area (Å²) >= 11 is 0. The Morgan fingerprint density at radius 2 is 2.13 bits per heavy atom. The molecular weight excluding hydrogens is 386 g/mol. The predicted molar refractivity (Wildman–Crippen MR) is 122 cm³/mol. The van der Waals surface area contributed by atoms with E-state index in [1.165, 1.54) is 55.5 Å². The van der Waals surface area contributed by atoms with Crippen molar-refractivity contribution in [3.8, 4) is 0 Å². The standard InChI is InChI=1S/C24H33N7/c1-15-19-13-30(23-18-6-10-26-22(18)27-16(2)28-23)11-7-21(19)31(29-15)14-24-8-3-4-17(12-24)20(25)5-9-24/h6,10,17,20H,3-5,7-9,11-14,25H2,1-2H3,(H,26,27,28). The molecule has 6 rings (SSSR count). The number of anilines is 1. The van der Waals surface area contributed by atoms with Gasteiger partial charge in [0, 0.05) is 49.6 Å². The number of nitrogens with two attached hydrogens (primary N) is 1. The van der Waals surface area contributed by atoms with Crippen molar-refractivity contribution in [1.29, 1.82) is 0 Å². The molecule has 0 saturated heterocycles. The summed E-state index contributed by atoms with van der Waals surface area (Å²) in [7, 11) is 0. The Balaban J connectivity index is 1.29. The first-order chi connectivity index (χ1) is 15.0. The van der Waals surface area contributed by atoms with Crippen LogP contribution in [0.2, 0.25) is 0 Å². The molecule has 0 spiro atoms. The molecule has 7 heteroatoms. The normalized spacial score (nSPS) is 28.2. The smallest absolute Gasteiger partial charge is 0.143 e. The van der Waals surface area contributed by atoms with Crippen molar-refractivity contribution in [2.45, 2.75) is 77.9 Å². The molecule has 3 aliphatic rings. The third kappa shape index (κ3) is 3.16. The number of aryl methyl sites for hydroxylation is 2. The van der Waals surface area contributed by atoms with Crippen molar-refractivity contribution >= 4 is 16.9 Å². The SMILES string of the molecule is Cc1nc(N2CCc3c(c(C)nn3CC34CCCC(C3)C(N)CC4)C2)c2cc[nH]c2n1. The summed E-state index contributed by atoms with van der Waals surface area (Å²) in [6.45, 7) is 7.05. The number of nitrogens with one attached hydrogen (secondary N) is 1. The Labute approximate surface area is 183 Å². The lowest BCUT2D eigenvalue weighted by Crippen LogP contribution is -2.46. The molecule has 4 heterocycles. The molecule has 0 aromatic carbocycles. The van der Waals surface area contributed by atoms with Crippen LogP contribution in [0.25, 0.3) is 11.0 Å². The lowest BCUT2D eigenvalue weighted by atomic mass is 9.60. The van der Waals surface area contributed by atoms with Crippen molar-refractivity contribution in [3.05, 3.63) is 35.0 Å².